The van der Waals surface area contributed by atoms with E-state index in [4.69, 9.17) is 9.15 Å². The van der Waals surface area contributed by atoms with Gasteiger partial charge in [0.25, 0.3) is 0 Å². The van der Waals surface area contributed by atoms with E-state index < -0.39 is 6.10 Å². The van der Waals surface area contributed by atoms with Crippen LogP contribution in [0.1, 0.15) is 23.8 Å². The van der Waals surface area contributed by atoms with Crippen LogP contribution in [-0.4, -0.2) is 40.9 Å². The van der Waals surface area contributed by atoms with Crippen molar-refractivity contribution in [3.63, 3.8) is 0 Å². The first-order chi connectivity index (χ1) is 10.7. The highest BCUT2D eigenvalue weighted by molar-refractivity contribution is 5.31. The Balaban J connectivity index is 1.67. The summed E-state index contributed by atoms with van der Waals surface area (Å²) in [5.41, 5.74) is 0.891. The summed E-state index contributed by atoms with van der Waals surface area (Å²) in [4.78, 5) is 2.24. The van der Waals surface area contributed by atoms with Gasteiger partial charge < -0.3 is 19.4 Å². The summed E-state index contributed by atoms with van der Waals surface area (Å²) in [6, 6.07) is 11.0. The fraction of sp³-hybridized carbons (Fsp3) is 0.412. The van der Waals surface area contributed by atoms with Crippen LogP contribution < -0.4 is 0 Å². The molecule has 5 nitrogen and oxygen atoms in total. The third-order valence-electron chi connectivity index (χ3n) is 4.08. The number of rotatable bonds is 5. The van der Waals surface area contributed by atoms with E-state index in [1.165, 1.54) is 0 Å². The van der Waals surface area contributed by atoms with Gasteiger partial charge in [0.2, 0.25) is 0 Å². The van der Waals surface area contributed by atoms with Crippen LogP contribution >= 0.6 is 0 Å². The van der Waals surface area contributed by atoms with E-state index in [0.717, 1.165) is 12.1 Å². The van der Waals surface area contributed by atoms with Crippen molar-refractivity contribution in [1.82, 2.24) is 4.90 Å². The number of phenols is 1. The molecule has 2 heterocycles. The fourth-order valence-electron chi connectivity index (χ4n) is 2.83. The van der Waals surface area contributed by atoms with Crippen molar-refractivity contribution >= 4 is 0 Å². The lowest BCUT2D eigenvalue weighted by Gasteiger charge is -2.36. The van der Waals surface area contributed by atoms with Crippen LogP contribution in [0, 0.1) is 0 Å². The first-order valence-electron chi connectivity index (χ1n) is 7.54. The standard InChI is InChI=1S/C17H21NO4/c19-15-5-2-1-4-13(15)11-18-7-9-21-12-14(18)10-16(20)17-6-3-8-22-17/h1-6,8,14,16,19-20H,7,9-12H2. The van der Waals surface area contributed by atoms with Gasteiger partial charge in [-0.25, -0.2) is 0 Å². The number of aromatic hydroxyl groups is 1. The van der Waals surface area contributed by atoms with E-state index in [-0.39, 0.29) is 6.04 Å². The maximum absolute atomic E-state index is 10.3. The van der Waals surface area contributed by atoms with Gasteiger partial charge in [0, 0.05) is 24.7 Å². The molecule has 1 aliphatic rings. The van der Waals surface area contributed by atoms with Crippen molar-refractivity contribution in [2.24, 2.45) is 0 Å². The largest absolute Gasteiger partial charge is 0.508 e. The SMILES string of the molecule is Oc1ccccc1CN1CCOCC1CC(O)c1ccco1. The van der Waals surface area contributed by atoms with Crippen molar-refractivity contribution in [2.75, 3.05) is 19.8 Å². The summed E-state index contributed by atoms with van der Waals surface area (Å²) >= 11 is 0. The van der Waals surface area contributed by atoms with Crippen molar-refractivity contribution in [3.8, 4) is 5.75 Å². The predicted molar refractivity (Wildman–Crippen MR) is 81.4 cm³/mol. The molecule has 1 aliphatic heterocycles. The molecule has 22 heavy (non-hydrogen) atoms. The predicted octanol–water partition coefficient (Wildman–Crippen LogP) is 2.31. The maximum Gasteiger partial charge on any atom is 0.132 e. The topological polar surface area (TPSA) is 66.1 Å². The lowest BCUT2D eigenvalue weighted by atomic mass is 10.0. The van der Waals surface area contributed by atoms with Gasteiger partial charge in [-0.15, -0.1) is 0 Å². The molecule has 0 bridgehead atoms. The van der Waals surface area contributed by atoms with E-state index in [9.17, 15) is 10.2 Å². The molecule has 1 aromatic carbocycles. The monoisotopic (exact) mass is 303 g/mol. The lowest BCUT2D eigenvalue weighted by molar-refractivity contribution is -0.0325. The lowest BCUT2D eigenvalue weighted by Crippen LogP contribution is -2.45. The molecule has 1 aromatic heterocycles. The minimum absolute atomic E-state index is 0.0912. The highest BCUT2D eigenvalue weighted by Gasteiger charge is 2.27. The third kappa shape index (κ3) is 3.50. The normalized spacial score (nSPS) is 20.9. The summed E-state index contributed by atoms with van der Waals surface area (Å²) in [6.45, 7) is 2.67. The molecule has 0 amide bonds. The van der Waals surface area contributed by atoms with E-state index in [0.29, 0.717) is 37.7 Å². The molecule has 1 saturated heterocycles. The molecular formula is C17H21NO4. The molecule has 1 fully saturated rings. The van der Waals surface area contributed by atoms with E-state index in [1.807, 2.05) is 18.2 Å². The summed E-state index contributed by atoms with van der Waals surface area (Å²) in [6.07, 6.45) is 1.46. The molecule has 0 saturated carbocycles. The van der Waals surface area contributed by atoms with Gasteiger partial charge in [-0.05, 0) is 24.6 Å². The second-order valence-electron chi connectivity index (χ2n) is 5.59. The van der Waals surface area contributed by atoms with Gasteiger partial charge >= 0.3 is 0 Å². The number of aliphatic hydroxyl groups is 1. The number of hydrogen-bond acceptors (Lipinski definition) is 5. The van der Waals surface area contributed by atoms with Gasteiger partial charge in [0.1, 0.15) is 17.6 Å². The molecule has 2 unspecified atom stereocenters. The summed E-state index contributed by atoms with van der Waals surface area (Å²) in [5, 5.41) is 20.2. The van der Waals surface area contributed by atoms with Crippen LogP contribution in [0.4, 0.5) is 0 Å². The number of nitrogens with zero attached hydrogens (tertiary/aromatic N) is 1. The molecule has 0 radical (unpaired) electrons. The van der Waals surface area contributed by atoms with Gasteiger partial charge in [-0.3, -0.25) is 4.90 Å². The van der Waals surface area contributed by atoms with Crippen LogP contribution in [0.15, 0.2) is 47.1 Å². The van der Waals surface area contributed by atoms with Gasteiger partial charge in [0.05, 0.1) is 19.5 Å². The Bertz CT molecular complexity index is 584. The second kappa shape index (κ2) is 6.96. The molecule has 118 valence electrons. The quantitative estimate of drug-likeness (QED) is 0.887. The summed E-state index contributed by atoms with van der Waals surface area (Å²) in [5.74, 6) is 0.882. The molecule has 2 aromatic rings. The smallest absolute Gasteiger partial charge is 0.132 e. The highest BCUT2D eigenvalue weighted by Crippen LogP contribution is 2.26. The Morgan fingerprint density at radius 3 is 2.86 bits per heavy atom. The number of morpholine rings is 1. The van der Waals surface area contributed by atoms with Crippen molar-refractivity contribution < 1.29 is 19.4 Å². The summed E-state index contributed by atoms with van der Waals surface area (Å²) in [7, 11) is 0. The highest BCUT2D eigenvalue weighted by atomic mass is 16.5. The third-order valence-corrected chi connectivity index (χ3v) is 4.08. The molecule has 0 spiro atoms. The first kappa shape index (κ1) is 15.1. The zero-order valence-corrected chi connectivity index (χ0v) is 12.4. The van der Waals surface area contributed by atoms with Gasteiger partial charge in [-0.2, -0.15) is 0 Å². The van der Waals surface area contributed by atoms with Gasteiger partial charge in [0.15, 0.2) is 0 Å². The Morgan fingerprint density at radius 1 is 1.23 bits per heavy atom. The van der Waals surface area contributed by atoms with Gasteiger partial charge in [-0.1, -0.05) is 18.2 Å². The number of benzene rings is 1. The average molecular weight is 303 g/mol. The van der Waals surface area contributed by atoms with E-state index in [2.05, 4.69) is 4.90 Å². The number of aliphatic hydroxyl groups excluding tert-OH is 1. The molecule has 2 N–H and O–H groups in total. The minimum Gasteiger partial charge on any atom is -0.508 e. The van der Waals surface area contributed by atoms with E-state index >= 15 is 0 Å². The van der Waals surface area contributed by atoms with Crippen LogP contribution in [-0.2, 0) is 11.3 Å². The number of hydrogen-bond donors (Lipinski definition) is 2. The second-order valence-corrected chi connectivity index (χ2v) is 5.59. The molecule has 0 aliphatic carbocycles. The number of furan rings is 1. The van der Waals surface area contributed by atoms with Crippen molar-refractivity contribution in [2.45, 2.75) is 25.1 Å². The molecular weight excluding hydrogens is 282 g/mol. The zero-order valence-electron chi connectivity index (χ0n) is 12.4. The Morgan fingerprint density at radius 2 is 2.09 bits per heavy atom. The Kier molecular flexibility index (Phi) is 4.77. The van der Waals surface area contributed by atoms with E-state index in [1.54, 1.807) is 24.5 Å². The molecule has 3 rings (SSSR count). The average Bonchev–Trinajstić information content (AvgIpc) is 3.06. The number of ether oxygens (including phenoxy) is 1. The van der Waals surface area contributed by atoms with Crippen LogP contribution in [0.2, 0.25) is 0 Å². The first-order valence-corrected chi connectivity index (χ1v) is 7.54. The molecule has 5 heteroatoms. The molecule has 2 atom stereocenters. The Labute approximate surface area is 129 Å². The fourth-order valence-corrected chi connectivity index (χ4v) is 2.83. The van der Waals surface area contributed by atoms with Crippen molar-refractivity contribution in [1.29, 1.82) is 0 Å². The van der Waals surface area contributed by atoms with Crippen molar-refractivity contribution in [3.05, 3.63) is 54.0 Å². The number of para-hydroxylation sites is 1. The van der Waals surface area contributed by atoms with Crippen LogP contribution in [0.25, 0.3) is 0 Å². The summed E-state index contributed by atoms with van der Waals surface area (Å²) < 4.78 is 10.8. The Hall–Kier alpha value is -1.82. The van der Waals surface area contributed by atoms with Crippen LogP contribution in [0.3, 0.4) is 0 Å². The van der Waals surface area contributed by atoms with Crippen LogP contribution in [0.5, 0.6) is 5.75 Å². The zero-order chi connectivity index (χ0) is 15.4. The number of phenolic OH excluding ortho intramolecular Hbond substituents is 1. The maximum atomic E-state index is 10.3. The minimum atomic E-state index is -0.645.